The summed E-state index contributed by atoms with van der Waals surface area (Å²) in [5.74, 6) is 0.996. The number of carbonyl (C=O) groups excluding carboxylic acids is 4. The highest BCUT2D eigenvalue weighted by molar-refractivity contribution is 7.47. The fourth-order valence-corrected chi connectivity index (χ4v) is 14.2. The van der Waals surface area contributed by atoms with Crippen LogP contribution in [0.5, 0.6) is 0 Å². The highest BCUT2D eigenvalue weighted by Crippen LogP contribution is 2.45. The first-order valence-corrected chi connectivity index (χ1v) is 45.2. The number of aliphatic hydroxyl groups excluding tert-OH is 1. The Morgan fingerprint density at radius 3 is 0.703 bits per heavy atom. The SMILES string of the molecule is CCC(C)CCCCCCCCC(=O)OC[C@H](COP(=O)(O)OC[C@H](O)COP(=O)(O)OC[C@@H](COC(=O)CCCCCCCCCCCCCCC(C)C)OC(=O)CCCCCCCCCCCCCCC(C)C)OC(=O)CCCCCCCCCCCCCCCCCCCCC(C)C. The second kappa shape index (κ2) is 71.0. The number of ether oxygens (including phenoxy) is 4. The molecule has 3 N–H and O–H groups in total. The molecule has 0 aromatic heterocycles. The summed E-state index contributed by atoms with van der Waals surface area (Å²) < 4.78 is 68.7. The van der Waals surface area contributed by atoms with E-state index in [-0.39, 0.29) is 25.7 Å². The van der Waals surface area contributed by atoms with E-state index in [2.05, 4.69) is 55.4 Å². The summed E-state index contributed by atoms with van der Waals surface area (Å²) in [7, 11) is -9.92. The van der Waals surface area contributed by atoms with Gasteiger partial charge in [-0.2, -0.15) is 0 Å². The quantitative estimate of drug-likeness (QED) is 0.0222. The van der Waals surface area contributed by atoms with Gasteiger partial charge in [-0.25, -0.2) is 9.13 Å². The van der Waals surface area contributed by atoms with Gasteiger partial charge in [0.15, 0.2) is 12.2 Å². The molecule has 17 nitrogen and oxygen atoms in total. The molecule has 0 heterocycles. The number of phosphoric ester groups is 2. The highest BCUT2D eigenvalue weighted by Gasteiger charge is 2.30. The van der Waals surface area contributed by atoms with Crippen LogP contribution in [0.4, 0.5) is 0 Å². The minimum atomic E-state index is -4.96. The Labute approximate surface area is 619 Å². The summed E-state index contributed by atoms with van der Waals surface area (Å²) in [6, 6.07) is 0. The van der Waals surface area contributed by atoms with Crippen LogP contribution in [0.15, 0.2) is 0 Å². The molecule has 0 bridgehead atoms. The topological polar surface area (TPSA) is 237 Å². The first kappa shape index (κ1) is 99.1. The highest BCUT2D eigenvalue weighted by atomic mass is 31.2. The standard InChI is InChI=1S/C82H160O17P2/c1-9-75(8)61-53-45-40-41-47-55-63-80(85)93-69-78(99-82(87)64-56-48-38-32-26-17-15-13-11-10-12-14-16-22-28-34-42-50-58-72(2)3)71-97-101(90,91)95-67-76(83)66-94-100(88,89)96-70-77(98-81(86)65-57-49-39-33-27-21-19-24-30-36-44-52-60-74(6)7)68-92-79(84)62-54-46-37-31-25-20-18-23-29-35-43-51-59-73(4)5/h72-78,83H,9-71H2,1-8H3,(H,88,89)(H,90,91)/t75?,76-,77-,78-/m1/s1. The zero-order valence-electron chi connectivity index (χ0n) is 66.5. The normalized spacial score (nSPS) is 14.3. The van der Waals surface area contributed by atoms with Gasteiger partial charge in [-0.1, -0.05) is 370 Å². The van der Waals surface area contributed by atoms with Crippen molar-refractivity contribution in [3.05, 3.63) is 0 Å². The minimum absolute atomic E-state index is 0.107. The van der Waals surface area contributed by atoms with Crippen molar-refractivity contribution in [2.45, 2.75) is 440 Å². The lowest BCUT2D eigenvalue weighted by molar-refractivity contribution is -0.161. The number of phosphoric acid groups is 2. The molecular weight excluding hydrogens is 1320 g/mol. The van der Waals surface area contributed by atoms with Gasteiger partial charge in [0.05, 0.1) is 26.4 Å². The second-order valence-corrected chi connectivity index (χ2v) is 34.1. The third-order valence-corrected chi connectivity index (χ3v) is 21.3. The fraction of sp³-hybridized carbons (Fsp3) is 0.951. The average molecular weight is 1480 g/mol. The van der Waals surface area contributed by atoms with Crippen molar-refractivity contribution < 1.29 is 80.2 Å². The lowest BCUT2D eigenvalue weighted by atomic mass is 10.00. The summed E-state index contributed by atoms with van der Waals surface area (Å²) in [5, 5.41) is 10.6. The molecule has 600 valence electrons. The van der Waals surface area contributed by atoms with Crippen LogP contribution in [0.3, 0.4) is 0 Å². The number of esters is 4. The number of aliphatic hydroxyl groups is 1. The van der Waals surface area contributed by atoms with Gasteiger partial charge in [0.1, 0.15) is 19.3 Å². The second-order valence-electron chi connectivity index (χ2n) is 31.2. The van der Waals surface area contributed by atoms with Crippen molar-refractivity contribution in [1.82, 2.24) is 0 Å². The predicted octanol–water partition coefficient (Wildman–Crippen LogP) is 24.4. The lowest BCUT2D eigenvalue weighted by Crippen LogP contribution is -2.30. The Morgan fingerprint density at radius 2 is 0.475 bits per heavy atom. The van der Waals surface area contributed by atoms with Gasteiger partial charge < -0.3 is 33.8 Å². The molecule has 0 aromatic carbocycles. The number of unbranched alkanes of at least 4 members (excludes halogenated alkanes) is 44. The zero-order chi connectivity index (χ0) is 74.6. The summed E-state index contributed by atoms with van der Waals surface area (Å²) >= 11 is 0. The lowest BCUT2D eigenvalue weighted by Gasteiger charge is -2.21. The average Bonchev–Trinajstić information content (AvgIpc) is 1.03. The van der Waals surface area contributed by atoms with Crippen molar-refractivity contribution in [3.63, 3.8) is 0 Å². The minimum Gasteiger partial charge on any atom is -0.462 e. The molecule has 0 spiro atoms. The maximum atomic E-state index is 13.1. The first-order chi connectivity index (χ1) is 48.6. The zero-order valence-corrected chi connectivity index (χ0v) is 68.3. The van der Waals surface area contributed by atoms with E-state index < -0.39 is 97.5 Å². The summed E-state index contributed by atoms with van der Waals surface area (Å²) in [6.07, 6.45) is 58.3. The summed E-state index contributed by atoms with van der Waals surface area (Å²) in [4.78, 5) is 73.1. The largest absolute Gasteiger partial charge is 0.472 e. The van der Waals surface area contributed by atoms with Crippen LogP contribution >= 0.6 is 15.6 Å². The molecule has 0 aliphatic rings. The van der Waals surface area contributed by atoms with Crippen LogP contribution in [0, 0.1) is 23.7 Å². The molecule has 0 saturated heterocycles. The Hall–Kier alpha value is -1.94. The van der Waals surface area contributed by atoms with Crippen molar-refractivity contribution >= 4 is 39.5 Å². The molecule has 0 saturated carbocycles. The van der Waals surface area contributed by atoms with Gasteiger partial charge in [-0.05, 0) is 49.4 Å². The van der Waals surface area contributed by atoms with Gasteiger partial charge in [-0.3, -0.25) is 37.3 Å². The molecule has 6 atom stereocenters. The molecule has 0 radical (unpaired) electrons. The number of carbonyl (C=O) groups is 4. The summed E-state index contributed by atoms with van der Waals surface area (Å²) in [6.45, 7) is 14.3. The van der Waals surface area contributed by atoms with Crippen molar-refractivity contribution in [1.29, 1.82) is 0 Å². The van der Waals surface area contributed by atoms with Crippen molar-refractivity contribution in [2.24, 2.45) is 23.7 Å². The third kappa shape index (κ3) is 74.7. The van der Waals surface area contributed by atoms with E-state index >= 15 is 0 Å². The Balaban J connectivity index is 5.21. The van der Waals surface area contributed by atoms with Gasteiger partial charge in [0, 0.05) is 25.7 Å². The van der Waals surface area contributed by atoms with Gasteiger partial charge in [0.25, 0.3) is 0 Å². The third-order valence-electron chi connectivity index (χ3n) is 19.4. The molecule has 0 amide bonds. The van der Waals surface area contributed by atoms with Crippen molar-refractivity contribution in [2.75, 3.05) is 39.6 Å². The van der Waals surface area contributed by atoms with Crippen LogP contribution in [-0.2, 0) is 65.4 Å². The smallest absolute Gasteiger partial charge is 0.462 e. The van der Waals surface area contributed by atoms with Crippen LogP contribution in [0.2, 0.25) is 0 Å². The number of rotatable bonds is 79. The van der Waals surface area contributed by atoms with E-state index in [4.69, 9.17) is 37.0 Å². The van der Waals surface area contributed by atoms with Gasteiger partial charge in [0.2, 0.25) is 0 Å². The summed E-state index contributed by atoms with van der Waals surface area (Å²) in [5.41, 5.74) is 0. The molecule has 3 unspecified atom stereocenters. The molecule has 0 aromatic rings. The number of hydrogen-bond acceptors (Lipinski definition) is 15. The van der Waals surface area contributed by atoms with Crippen molar-refractivity contribution in [3.8, 4) is 0 Å². The van der Waals surface area contributed by atoms with E-state index in [0.717, 1.165) is 120 Å². The monoisotopic (exact) mass is 1480 g/mol. The van der Waals surface area contributed by atoms with E-state index in [1.165, 1.54) is 218 Å². The molecule has 0 aliphatic carbocycles. The molecule has 0 fully saturated rings. The maximum absolute atomic E-state index is 13.1. The molecule has 0 aliphatic heterocycles. The van der Waals surface area contributed by atoms with E-state index in [0.29, 0.717) is 25.7 Å². The predicted molar refractivity (Wildman–Crippen MR) is 414 cm³/mol. The molecule has 19 heteroatoms. The van der Waals surface area contributed by atoms with Crippen LogP contribution < -0.4 is 0 Å². The molecule has 101 heavy (non-hydrogen) atoms. The van der Waals surface area contributed by atoms with Gasteiger partial charge in [-0.15, -0.1) is 0 Å². The van der Waals surface area contributed by atoms with Crippen LogP contribution in [0.1, 0.15) is 421 Å². The number of hydrogen-bond donors (Lipinski definition) is 3. The molecular formula is C82H160O17P2. The first-order valence-electron chi connectivity index (χ1n) is 42.2. The van der Waals surface area contributed by atoms with E-state index in [1.807, 2.05) is 0 Å². The maximum Gasteiger partial charge on any atom is 0.472 e. The Bertz CT molecular complexity index is 1970. The fourth-order valence-electron chi connectivity index (χ4n) is 12.6. The van der Waals surface area contributed by atoms with Crippen LogP contribution in [-0.4, -0.2) is 96.7 Å². The Kier molecular flexibility index (Phi) is 69.6. The Morgan fingerprint density at radius 1 is 0.277 bits per heavy atom. The van der Waals surface area contributed by atoms with E-state index in [9.17, 15) is 43.2 Å². The van der Waals surface area contributed by atoms with Crippen LogP contribution in [0.25, 0.3) is 0 Å². The van der Waals surface area contributed by atoms with E-state index in [1.54, 1.807) is 0 Å². The van der Waals surface area contributed by atoms with Gasteiger partial charge >= 0.3 is 39.5 Å². The molecule has 0 rings (SSSR count).